The number of thioether (sulfide) groups is 1. The third-order valence-corrected chi connectivity index (χ3v) is 6.44. The van der Waals surface area contributed by atoms with Crippen molar-refractivity contribution in [3.63, 3.8) is 0 Å². The fourth-order valence-electron chi connectivity index (χ4n) is 2.98. The summed E-state index contributed by atoms with van der Waals surface area (Å²) in [5.41, 5.74) is 0.930. The molecule has 1 aliphatic carbocycles. The summed E-state index contributed by atoms with van der Waals surface area (Å²) in [5, 5.41) is 10.7. The summed E-state index contributed by atoms with van der Waals surface area (Å²) in [4.78, 5) is 37.5. The van der Waals surface area contributed by atoms with Crippen LogP contribution in [0, 0.1) is 5.92 Å². The molecule has 0 aromatic carbocycles. The molecule has 1 atom stereocenters. The largest absolute Gasteiger partial charge is 0.462 e. The Labute approximate surface area is 169 Å². The van der Waals surface area contributed by atoms with Gasteiger partial charge in [0.25, 0.3) is 5.56 Å². The third-order valence-electron chi connectivity index (χ3n) is 4.33. The predicted octanol–water partition coefficient (Wildman–Crippen LogP) is 1.45. The second-order valence-corrected chi connectivity index (χ2v) is 8.50. The number of nitrogens with one attached hydrogen (secondary N) is 1. The Balaban J connectivity index is 1.77. The van der Waals surface area contributed by atoms with E-state index < -0.39 is 11.5 Å². The number of hydrogen-bond acceptors (Lipinski definition) is 9. The van der Waals surface area contributed by atoms with Crippen molar-refractivity contribution >= 4 is 40.0 Å². The zero-order valence-corrected chi connectivity index (χ0v) is 17.2. The molecule has 0 aliphatic heterocycles. The molecule has 0 spiro atoms. The molecule has 2 heterocycles. The van der Waals surface area contributed by atoms with Gasteiger partial charge in [0.15, 0.2) is 0 Å². The van der Waals surface area contributed by atoms with Crippen LogP contribution in [0.15, 0.2) is 16.1 Å². The summed E-state index contributed by atoms with van der Waals surface area (Å²) in [6.45, 7) is 4.19. The molecule has 11 heteroatoms. The molecule has 0 bridgehead atoms. The first-order chi connectivity index (χ1) is 13.4. The molecule has 0 saturated heterocycles. The normalized spacial score (nSPS) is 15.7. The van der Waals surface area contributed by atoms with Gasteiger partial charge in [-0.15, -0.1) is 16.4 Å². The predicted molar refractivity (Wildman–Crippen MR) is 107 cm³/mol. The monoisotopic (exact) mass is 423 g/mol. The van der Waals surface area contributed by atoms with Crippen LogP contribution in [-0.4, -0.2) is 39.1 Å². The van der Waals surface area contributed by atoms with E-state index in [1.165, 1.54) is 11.3 Å². The number of fused-ring (bicyclic) bond motifs is 1. The Bertz CT molecular complexity index is 956. The molecular weight excluding hydrogens is 402 g/mol. The zero-order valence-electron chi connectivity index (χ0n) is 15.6. The molecule has 3 N–H and O–H groups in total. The standard InChI is InChI=1S/C17H21N5O4S2/c1-3-26-16(25)14-10-5-4-9(2)6-11(10)28-15(14)20-12(23)8-27-17-21-19-7-13(24)22(17)18/h7,9H,3-6,8,18H2,1-2H3,(H,20,23). The van der Waals surface area contributed by atoms with Gasteiger partial charge in [0.05, 0.1) is 17.9 Å². The molecule has 2 aromatic heterocycles. The number of ether oxygens (including phenoxy) is 1. The van der Waals surface area contributed by atoms with Crippen LogP contribution in [0.4, 0.5) is 5.00 Å². The maximum Gasteiger partial charge on any atom is 0.341 e. The van der Waals surface area contributed by atoms with Gasteiger partial charge in [-0.1, -0.05) is 18.7 Å². The van der Waals surface area contributed by atoms with Gasteiger partial charge in [-0.25, -0.2) is 4.79 Å². The van der Waals surface area contributed by atoms with Crippen LogP contribution in [0.5, 0.6) is 0 Å². The highest BCUT2D eigenvalue weighted by atomic mass is 32.2. The Morgan fingerprint density at radius 1 is 1.50 bits per heavy atom. The maximum atomic E-state index is 12.5. The molecule has 0 saturated carbocycles. The number of thiophene rings is 1. The lowest BCUT2D eigenvalue weighted by Gasteiger charge is -2.18. The minimum absolute atomic E-state index is 0.0312. The number of esters is 1. The van der Waals surface area contributed by atoms with Gasteiger partial charge in [-0.05, 0) is 37.7 Å². The smallest absolute Gasteiger partial charge is 0.341 e. The molecule has 3 rings (SSSR count). The highest BCUT2D eigenvalue weighted by Gasteiger charge is 2.29. The van der Waals surface area contributed by atoms with E-state index in [-0.39, 0.29) is 23.4 Å². The van der Waals surface area contributed by atoms with Gasteiger partial charge in [0.1, 0.15) is 11.2 Å². The number of nitrogens with two attached hydrogens (primary N) is 1. The van der Waals surface area contributed by atoms with Gasteiger partial charge in [-0.2, -0.15) is 9.77 Å². The second-order valence-electron chi connectivity index (χ2n) is 6.45. The zero-order chi connectivity index (χ0) is 20.3. The number of anilines is 1. The highest BCUT2D eigenvalue weighted by molar-refractivity contribution is 7.99. The minimum atomic E-state index is -0.512. The van der Waals surface area contributed by atoms with Crippen molar-refractivity contribution < 1.29 is 14.3 Å². The van der Waals surface area contributed by atoms with Crippen LogP contribution in [0.25, 0.3) is 0 Å². The van der Waals surface area contributed by atoms with E-state index in [9.17, 15) is 14.4 Å². The van der Waals surface area contributed by atoms with Gasteiger partial charge < -0.3 is 15.9 Å². The van der Waals surface area contributed by atoms with Crippen LogP contribution in [0.2, 0.25) is 0 Å². The number of hydrogen-bond donors (Lipinski definition) is 2. The van der Waals surface area contributed by atoms with Gasteiger partial charge >= 0.3 is 5.97 Å². The Hall–Kier alpha value is -2.40. The fraction of sp³-hybridized carbons (Fsp3) is 0.471. The molecule has 0 radical (unpaired) electrons. The molecule has 28 heavy (non-hydrogen) atoms. The molecule has 1 aliphatic rings. The summed E-state index contributed by atoms with van der Waals surface area (Å²) >= 11 is 2.41. The van der Waals surface area contributed by atoms with Crippen LogP contribution < -0.4 is 16.7 Å². The first kappa shape index (κ1) is 20.3. The summed E-state index contributed by atoms with van der Waals surface area (Å²) in [5.74, 6) is 5.35. The lowest BCUT2D eigenvalue weighted by molar-refractivity contribution is -0.113. The number of carbonyl (C=O) groups is 2. The molecule has 2 aromatic rings. The maximum absolute atomic E-state index is 12.5. The van der Waals surface area contributed by atoms with Crippen molar-refractivity contribution in [2.75, 3.05) is 23.5 Å². The van der Waals surface area contributed by atoms with Crippen molar-refractivity contribution in [1.29, 1.82) is 0 Å². The quantitative estimate of drug-likeness (QED) is 0.406. The summed E-state index contributed by atoms with van der Waals surface area (Å²) in [6, 6.07) is 0. The topological polar surface area (TPSA) is 129 Å². The van der Waals surface area contributed by atoms with E-state index in [4.69, 9.17) is 10.6 Å². The van der Waals surface area contributed by atoms with Crippen molar-refractivity contribution in [2.24, 2.45) is 5.92 Å². The Morgan fingerprint density at radius 3 is 3.04 bits per heavy atom. The summed E-state index contributed by atoms with van der Waals surface area (Å²) in [6.07, 6.45) is 3.67. The van der Waals surface area contributed by atoms with Crippen LogP contribution in [-0.2, 0) is 22.4 Å². The van der Waals surface area contributed by atoms with E-state index >= 15 is 0 Å². The van der Waals surface area contributed by atoms with E-state index in [0.29, 0.717) is 16.5 Å². The van der Waals surface area contributed by atoms with Gasteiger partial charge in [0, 0.05) is 4.88 Å². The number of carbonyl (C=O) groups excluding carboxylic acids is 2. The number of amides is 1. The Kier molecular flexibility index (Phi) is 6.35. The molecule has 0 fully saturated rings. The molecular formula is C17H21N5O4S2. The van der Waals surface area contributed by atoms with Crippen molar-refractivity contribution in [1.82, 2.24) is 14.9 Å². The average Bonchev–Trinajstić information content (AvgIpc) is 2.99. The van der Waals surface area contributed by atoms with Crippen LogP contribution in [0.3, 0.4) is 0 Å². The summed E-state index contributed by atoms with van der Waals surface area (Å²) in [7, 11) is 0. The van der Waals surface area contributed by atoms with E-state index in [2.05, 4.69) is 22.4 Å². The van der Waals surface area contributed by atoms with Crippen LogP contribution >= 0.6 is 23.1 Å². The molecule has 1 unspecified atom stereocenters. The van der Waals surface area contributed by atoms with E-state index in [1.54, 1.807) is 6.92 Å². The second kappa shape index (κ2) is 8.74. The van der Waals surface area contributed by atoms with Gasteiger partial charge in [-0.3, -0.25) is 9.59 Å². The van der Waals surface area contributed by atoms with Crippen molar-refractivity contribution in [3.05, 3.63) is 32.6 Å². The average molecular weight is 424 g/mol. The molecule has 1 amide bonds. The fourth-order valence-corrected chi connectivity index (χ4v) is 5.06. The van der Waals surface area contributed by atoms with Gasteiger partial charge in [0.2, 0.25) is 11.1 Å². The van der Waals surface area contributed by atoms with E-state index in [1.807, 2.05) is 0 Å². The molecule has 150 valence electrons. The molecule has 9 nitrogen and oxygen atoms in total. The number of nitrogens with zero attached hydrogens (tertiary/aromatic N) is 3. The highest BCUT2D eigenvalue weighted by Crippen LogP contribution is 2.40. The minimum Gasteiger partial charge on any atom is -0.462 e. The first-order valence-corrected chi connectivity index (χ1v) is 10.6. The van der Waals surface area contributed by atoms with Crippen molar-refractivity contribution in [2.45, 2.75) is 38.3 Å². The Morgan fingerprint density at radius 2 is 2.29 bits per heavy atom. The van der Waals surface area contributed by atoms with E-state index in [0.717, 1.165) is 52.3 Å². The number of aromatic nitrogens is 3. The lowest BCUT2D eigenvalue weighted by atomic mass is 9.88. The summed E-state index contributed by atoms with van der Waals surface area (Å²) < 4.78 is 6.03. The third kappa shape index (κ3) is 4.36. The van der Waals surface area contributed by atoms with Crippen molar-refractivity contribution in [3.8, 4) is 0 Å². The number of rotatable bonds is 6. The first-order valence-electron chi connectivity index (χ1n) is 8.84. The number of nitrogen functional groups attached to an aromatic ring is 1. The SMILES string of the molecule is CCOC(=O)c1c(NC(=O)CSc2nncc(=O)n2N)sc2c1CCC(C)C2. The lowest BCUT2D eigenvalue weighted by Crippen LogP contribution is -2.30. The van der Waals surface area contributed by atoms with Crippen LogP contribution in [0.1, 0.15) is 41.1 Å².